The molecule has 0 radical (unpaired) electrons. The van der Waals surface area contributed by atoms with E-state index in [0.29, 0.717) is 0 Å². The van der Waals surface area contributed by atoms with Gasteiger partial charge in [-0.15, -0.1) is 0 Å². The zero-order chi connectivity index (χ0) is 14.1. The normalized spacial score (nSPS) is 11.7. The topological polar surface area (TPSA) is 54.3 Å². The van der Waals surface area contributed by atoms with Gasteiger partial charge in [-0.05, 0) is 37.1 Å². The highest BCUT2D eigenvalue weighted by Crippen LogP contribution is 2.27. The molecule has 0 amide bonds. The SMILES string of the molecule is CCC(C#N)CNCCc1ccc(OC)c(OC)c1. The van der Waals surface area contributed by atoms with Gasteiger partial charge in [0.25, 0.3) is 0 Å². The number of hydrogen-bond donors (Lipinski definition) is 1. The largest absolute Gasteiger partial charge is 0.493 e. The number of nitrogens with one attached hydrogen (secondary N) is 1. The van der Waals surface area contributed by atoms with Crippen LogP contribution in [0.1, 0.15) is 18.9 Å². The Kier molecular flexibility index (Phi) is 6.76. The van der Waals surface area contributed by atoms with E-state index in [2.05, 4.69) is 11.4 Å². The van der Waals surface area contributed by atoms with Crippen LogP contribution in [-0.4, -0.2) is 27.3 Å². The summed E-state index contributed by atoms with van der Waals surface area (Å²) in [6.07, 6.45) is 1.79. The molecule has 1 rings (SSSR count). The van der Waals surface area contributed by atoms with Crippen LogP contribution in [0.3, 0.4) is 0 Å². The Morgan fingerprint density at radius 1 is 1.26 bits per heavy atom. The van der Waals surface area contributed by atoms with Crippen LogP contribution in [0.4, 0.5) is 0 Å². The van der Waals surface area contributed by atoms with Gasteiger partial charge in [-0.25, -0.2) is 0 Å². The molecule has 0 heterocycles. The van der Waals surface area contributed by atoms with Gasteiger partial charge in [0.2, 0.25) is 0 Å². The number of nitriles is 1. The van der Waals surface area contributed by atoms with Crippen molar-refractivity contribution in [2.24, 2.45) is 5.92 Å². The fourth-order valence-corrected chi connectivity index (χ4v) is 1.83. The van der Waals surface area contributed by atoms with Crippen LogP contribution in [0.25, 0.3) is 0 Å². The summed E-state index contributed by atoms with van der Waals surface area (Å²) in [5.74, 6) is 1.60. The van der Waals surface area contributed by atoms with Crippen LogP contribution in [0.15, 0.2) is 18.2 Å². The molecule has 1 unspecified atom stereocenters. The molecule has 0 saturated carbocycles. The van der Waals surface area contributed by atoms with Crippen LogP contribution in [-0.2, 0) is 6.42 Å². The predicted molar refractivity (Wildman–Crippen MR) is 75.5 cm³/mol. The lowest BCUT2D eigenvalue weighted by molar-refractivity contribution is 0.354. The third-order valence-corrected chi connectivity index (χ3v) is 3.10. The summed E-state index contributed by atoms with van der Waals surface area (Å²) in [4.78, 5) is 0. The first-order chi connectivity index (χ1) is 9.24. The van der Waals surface area contributed by atoms with Gasteiger partial charge in [-0.1, -0.05) is 13.0 Å². The third kappa shape index (κ3) is 4.80. The minimum Gasteiger partial charge on any atom is -0.493 e. The van der Waals surface area contributed by atoms with E-state index in [4.69, 9.17) is 14.7 Å². The van der Waals surface area contributed by atoms with Gasteiger partial charge in [0.1, 0.15) is 0 Å². The van der Waals surface area contributed by atoms with E-state index in [9.17, 15) is 0 Å². The van der Waals surface area contributed by atoms with Gasteiger partial charge in [-0.2, -0.15) is 5.26 Å². The lowest BCUT2D eigenvalue weighted by Crippen LogP contribution is -2.23. The zero-order valence-electron chi connectivity index (χ0n) is 11.9. The minimum atomic E-state index is 0.102. The molecule has 0 aromatic heterocycles. The predicted octanol–water partition coefficient (Wildman–Crippen LogP) is 2.39. The Labute approximate surface area is 115 Å². The average Bonchev–Trinajstić information content (AvgIpc) is 2.47. The highest BCUT2D eigenvalue weighted by atomic mass is 16.5. The van der Waals surface area contributed by atoms with Crippen LogP contribution >= 0.6 is 0 Å². The summed E-state index contributed by atoms with van der Waals surface area (Å²) in [5, 5.41) is 12.2. The van der Waals surface area contributed by atoms with Crippen molar-refractivity contribution in [1.82, 2.24) is 5.32 Å². The molecular formula is C15H22N2O2. The summed E-state index contributed by atoms with van der Waals surface area (Å²) in [5.41, 5.74) is 1.19. The lowest BCUT2D eigenvalue weighted by atomic mass is 10.1. The molecule has 1 N–H and O–H groups in total. The molecule has 0 fully saturated rings. The Morgan fingerprint density at radius 3 is 2.58 bits per heavy atom. The molecule has 0 aliphatic heterocycles. The smallest absolute Gasteiger partial charge is 0.160 e. The molecule has 19 heavy (non-hydrogen) atoms. The second kappa shape index (κ2) is 8.39. The minimum absolute atomic E-state index is 0.102. The molecule has 0 aliphatic carbocycles. The van der Waals surface area contributed by atoms with Crippen LogP contribution in [0, 0.1) is 17.2 Å². The highest BCUT2D eigenvalue weighted by Gasteiger charge is 2.05. The number of hydrogen-bond acceptors (Lipinski definition) is 4. The number of rotatable bonds is 8. The quantitative estimate of drug-likeness (QED) is 0.731. The molecule has 1 aromatic rings. The van der Waals surface area contributed by atoms with Gasteiger partial charge in [0.15, 0.2) is 11.5 Å². The van der Waals surface area contributed by atoms with Gasteiger partial charge < -0.3 is 14.8 Å². The van der Waals surface area contributed by atoms with Crippen molar-refractivity contribution in [3.63, 3.8) is 0 Å². The Hall–Kier alpha value is -1.73. The monoisotopic (exact) mass is 262 g/mol. The second-order valence-electron chi connectivity index (χ2n) is 4.38. The number of ether oxygens (including phenoxy) is 2. The van der Waals surface area contributed by atoms with Gasteiger partial charge in [0, 0.05) is 6.54 Å². The molecule has 104 valence electrons. The molecule has 0 saturated heterocycles. The highest BCUT2D eigenvalue weighted by molar-refractivity contribution is 5.42. The molecular weight excluding hydrogens is 240 g/mol. The van der Waals surface area contributed by atoms with E-state index in [-0.39, 0.29) is 5.92 Å². The Bertz CT molecular complexity index is 427. The molecule has 1 atom stereocenters. The van der Waals surface area contributed by atoms with E-state index in [1.165, 1.54) is 5.56 Å². The maximum absolute atomic E-state index is 8.85. The summed E-state index contributed by atoms with van der Waals surface area (Å²) in [6.45, 7) is 3.64. The third-order valence-electron chi connectivity index (χ3n) is 3.10. The van der Waals surface area contributed by atoms with Crippen molar-refractivity contribution in [2.75, 3.05) is 27.3 Å². The first kappa shape index (κ1) is 15.3. The average molecular weight is 262 g/mol. The van der Waals surface area contributed by atoms with E-state index >= 15 is 0 Å². The van der Waals surface area contributed by atoms with Crippen LogP contribution in [0.5, 0.6) is 11.5 Å². The Balaban J connectivity index is 2.44. The van der Waals surface area contributed by atoms with Crippen molar-refractivity contribution in [3.8, 4) is 17.6 Å². The summed E-state index contributed by atoms with van der Waals surface area (Å²) >= 11 is 0. The fraction of sp³-hybridized carbons (Fsp3) is 0.533. The van der Waals surface area contributed by atoms with Crippen LogP contribution < -0.4 is 14.8 Å². The molecule has 0 aliphatic rings. The Morgan fingerprint density at radius 2 is 2.00 bits per heavy atom. The maximum atomic E-state index is 8.85. The maximum Gasteiger partial charge on any atom is 0.160 e. The number of methoxy groups -OCH3 is 2. The summed E-state index contributed by atoms with van der Waals surface area (Å²) in [6, 6.07) is 8.22. The van der Waals surface area contributed by atoms with Crippen molar-refractivity contribution < 1.29 is 9.47 Å². The molecule has 4 heteroatoms. The van der Waals surface area contributed by atoms with Crippen molar-refractivity contribution in [1.29, 1.82) is 5.26 Å². The van der Waals surface area contributed by atoms with E-state index in [0.717, 1.165) is 37.4 Å². The number of nitrogens with zero attached hydrogens (tertiary/aromatic N) is 1. The molecule has 0 spiro atoms. The van der Waals surface area contributed by atoms with Gasteiger partial charge in [0.05, 0.1) is 26.2 Å². The zero-order valence-corrected chi connectivity index (χ0v) is 11.9. The number of benzene rings is 1. The first-order valence-electron chi connectivity index (χ1n) is 6.56. The van der Waals surface area contributed by atoms with Gasteiger partial charge >= 0.3 is 0 Å². The van der Waals surface area contributed by atoms with E-state index in [1.807, 2.05) is 25.1 Å². The lowest BCUT2D eigenvalue weighted by Gasteiger charge is -2.11. The fourth-order valence-electron chi connectivity index (χ4n) is 1.83. The first-order valence-corrected chi connectivity index (χ1v) is 6.56. The summed E-state index contributed by atoms with van der Waals surface area (Å²) in [7, 11) is 3.27. The summed E-state index contributed by atoms with van der Waals surface area (Å²) < 4.78 is 10.5. The van der Waals surface area contributed by atoms with Crippen molar-refractivity contribution in [2.45, 2.75) is 19.8 Å². The van der Waals surface area contributed by atoms with E-state index < -0.39 is 0 Å². The molecule has 0 bridgehead atoms. The molecule has 1 aromatic carbocycles. The van der Waals surface area contributed by atoms with Crippen molar-refractivity contribution >= 4 is 0 Å². The van der Waals surface area contributed by atoms with Gasteiger partial charge in [-0.3, -0.25) is 0 Å². The van der Waals surface area contributed by atoms with E-state index in [1.54, 1.807) is 14.2 Å². The van der Waals surface area contributed by atoms with Crippen molar-refractivity contribution in [3.05, 3.63) is 23.8 Å². The second-order valence-corrected chi connectivity index (χ2v) is 4.38. The molecule has 4 nitrogen and oxygen atoms in total. The standard InChI is InChI=1S/C15H22N2O2/c1-4-12(10-16)11-17-8-7-13-5-6-14(18-2)15(9-13)19-3/h5-6,9,12,17H,4,7-8,11H2,1-3H3. The van der Waals surface area contributed by atoms with Crippen LogP contribution in [0.2, 0.25) is 0 Å².